The fourth-order valence-electron chi connectivity index (χ4n) is 3.07. The maximum atomic E-state index is 11.8. The number of nitrogens with one attached hydrogen (secondary N) is 1. The van der Waals surface area contributed by atoms with E-state index in [2.05, 4.69) is 20.4 Å². The van der Waals surface area contributed by atoms with Gasteiger partial charge in [0.2, 0.25) is 0 Å². The van der Waals surface area contributed by atoms with E-state index < -0.39 is 0 Å². The predicted molar refractivity (Wildman–Crippen MR) is 76.8 cm³/mol. The molecule has 2 aliphatic rings. The molecule has 0 saturated carbocycles. The lowest BCUT2D eigenvalue weighted by atomic mass is 9.94. The van der Waals surface area contributed by atoms with Crippen LogP contribution in [0.25, 0.3) is 0 Å². The highest BCUT2D eigenvalue weighted by Gasteiger charge is 2.34. The van der Waals surface area contributed by atoms with Crippen LogP contribution in [0.4, 0.5) is 5.82 Å². The number of hydrogen-bond donors (Lipinski definition) is 1. The van der Waals surface area contributed by atoms with Crippen LogP contribution < -0.4 is 10.2 Å². The van der Waals surface area contributed by atoms with Gasteiger partial charge in [-0.05, 0) is 37.4 Å². The van der Waals surface area contributed by atoms with Gasteiger partial charge in [0.25, 0.3) is 5.91 Å². The maximum absolute atomic E-state index is 11.8. The summed E-state index contributed by atoms with van der Waals surface area (Å²) in [6, 6.07) is 4.25. The zero-order valence-corrected chi connectivity index (χ0v) is 12.0. The summed E-state index contributed by atoms with van der Waals surface area (Å²) in [4.78, 5) is 15.6. The normalized spacial score (nSPS) is 25.4. The number of carbonyl (C=O) groups excluding carboxylic acids is 1. The SMILES string of the molecule is CN(C)C(=O)c1ccc(N2C[C@@H]3CCCN[C@@H]3C2)nn1. The van der Waals surface area contributed by atoms with E-state index >= 15 is 0 Å². The van der Waals surface area contributed by atoms with Crippen molar-refractivity contribution in [1.29, 1.82) is 0 Å². The summed E-state index contributed by atoms with van der Waals surface area (Å²) < 4.78 is 0. The Morgan fingerprint density at radius 1 is 1.35 bits per heavy atom. The molecule has 2 fully saturated rings. The molecule has 3 heterocycles. The van der Waals surface area contributed by atoms with E-state index in [0.29, 0.717) is 17.7 Å². The number of amides is 1. The number of rotatable bonds is 2. The van der Waals surface area contributed by atoms with Crippen molar-refractivity contribution in [3.8, 4) is 0 Å². The Labute approximate surface area is 119 Å². The molecular formula is C14H21N5O. The van der Waals surface area contributed by atoms with Crippen LogP contribution in [0, 0.1) is 5.92 Å². The Hall–Kier alpha value is -1.69. The van der Waals surface area contributed by atoms with E-state index in [1.807, 2.05) is 6.07 Å². The van der Waals surface area contributed by atoms with Crippen molar-refractivity contribution in [1.82, 2.24) is 20.4 Å². The minimum atomic E-state index is -0.110. The van der Waals surface area contributed by atoms with Gasteiger partial charge in [-0.2, -0.15) is 0 Å². The smallest absolute Gasteiger partial charge is 0.273 e. The van der Waals surface area contributed by atoms with Gasteiger partial charge in [0, 0.05) is 33.2 Å². The molecule has 1 amide bonds. The van der Waals surface area contributed by atoms with Gasteiger partial charge >= 0.3 is 0 Å². The van der Waals surface area contributed by atoms with Crippen molar-refractivity contribution < 1.29 is 4.79 Å². The third-order valence-corrected chi connectivity index (χ3v) is 4.20. The number of hydrogen-bond acceptors (Lipinski definition) is 5. The first-order valence-electron chi connectivity index (χ1n) is 7.19. The van der Waals surface area contributed by atoms with E-state index in [9.17, 15) is 4.79 Å². The van der Waals surface area contributed by atoms with Gasteiger partial charge in [-0.1, -0.05) is 0 Å². The third-order valence-electron chi connectivity index (χ3n) is 4.20. The Balaban J connectivity index is 1.71. The Morgan fingerprint density at radius 3 is 2.85 bits per heavy atom. The van der Waals surface area contributed by atoms with Crippen LogP contribution in [-0.2, 0) is 0 Å². The highest BCUT2D eigenvalue weighted by Crippen LogP contribution is 2.27. The van der Waals surface area contributed by atoms with Gasteiger partial charge in [0.1, 0.15) is 0 Å². The fourth-order valence-corrected chi connectivity index (χ4v) is 3.07. The molecule has 0 unspecified atom stereocenters. The van der Waals surface area contributed by atoms with Gasteiger partial charge in [-0.3, -0.25) is 4.79 Å². The predicted octanol–water partition coefficient (Wildman–Crippen LogP) is 0.367. The molecule has 2 atom stereocenters. The molecule has 2 saturated heterocycles. The third kappa shape index (κ3) is 2.47. The summed E-state index contributed by atoms with van der Waals surface area (Å²) in [5.74, 6) is 1.48. The molecular weight excluding hydrogens is 254 g/mol. The van der Waals surface area contributed by atoms with Crippen molar-refractivity contribution >= 4 is 11.7 Å². The number of piperidine rings is 1. The van der Waals surface area contributed by atoms with E-state index in [1.165, 1.54) is 17.7 Å². The topological polar surface area (TPSA) is 61.4 Å². The monoisotopic (exact) mass is 275 g/mol. The molecule has 0 radical (unpaired) electrons. The van der Waals surface area contributed by atoms with Crippen LogP contribution in [0.3, 0.4) is 0 Å². The van der Waals surface area contributed by atoms with Gasteiger partial charge in [0.15, 0.2) is 11.5 Å². The van der Waals surface area contributed by atoms with Gasteiger partial charge in [-0.15, -0.1) is 10.2 Å². The molecule has 20 heavy (non-hydrogen) atoms. The zero-order chi connectivity index (χ0) is 14.1. The number of fused-ring (bicyclic) bond motifs is 1. The molecule has 0 aliphatic carbocycles. The van der Waals surface area contributed by atoms with Crippen molar-refractivity contribution in [3.05, 3.63) is 17.8 Å². The second-order valence-corrected chi connectivity index (χ2v) is 5.84. The van der Waals surface area contributed by atoms with Crippen molar-refractivity contribution in [2.24, 2.45) is 5.92 Å². The summed E-state index contributed by atoms with van der Waals surface area (Å²) in [5.41, 5.74) is 0.397. The Kier molecular flexibility index (Phi) is 3.56. The van der Waals surface area contributed by atoms with Crippen molar-refractivity contribution in [3.63, 3.8) is 0 Å². The molecule has 1 N–H and O–H groups in total. The lowest BCUT2D eigenvalue weighted by molar-refractivity contribution is 0.0821. The molecule has 6 heteroatoms. The Bertz CT molecular complexity index is 473. The molecule has 0 aromatic carbocycles. The van der Waals surface area contributed by atoms with E-state index in [1.54, 1.807) is 20.2 Å². The lowest BCUT2D eigenvalue weighted by Crippen LogP contribution is -2.40. The first-order valence-corrected chi connectivity index (χ1v) is 7.19. The molecule has 2 aliphatic heterocycles. The minimum absolute atomic E-state index is 0.110. The second kappa shape index (κ2) is 5.36. The van der Waals surface area contributed by atoms with Crippen LogP contribution >= 0.6 is 0 Å². The highest BCUT2D eigenvalue weighted by molar-refractivity contribution is 5.91. The van der Waals surface area contributed by atoms with Gasteiger partial charge in [-0.25, -0.2) is 0 Å². The molecule has 1 aromatic rings. The molecule has 108 valence electrons. The van der Waals surface area contributed by atoms with E-state index in [-0.39, 0.29) is 5.91 Å². The van der Waals surface area contributed by atoms with Crippen LogP contribution in [0.2, 0.25) is 0 Å². The quantitative estimate of drug-likeness (QED) is 0.845. The zero-order valence-electron chi connectivity index (χ0n) is 12.0. The number of aromatic nitrogens is 2. The number of nitrogens with zero attached hydrogens (tertiary/aromatic N) is 4. The first kappa shape index (κ1) is 13.3. The summed E-state index contributed by atoms with van der Waals surface area (Å²) >= 11 is 0. The van der Waals surface area contributed by atoms with Crippen molar-refractivity contribution in [2.75, 3.05) is 38.6 Å². The minimum Gasteiger partial charge on any atom is -0.353 e. The first-order chi connectivity index (χ1) is 9.65. The molecule has 0 spiro atoms. The molecule has 1 aromatic heterocycles. The number of carbonyl (C=O) groups is 1. The maximum Gasteiger partial charge on any atom is 0.273 e. The summed E-state index contributed by atoms with van der Waals surface area (Å²) in [6.07, 6.45) is 2.55. The van der Waals surface area contributed by atoms with Gasteiger partial charge in [0.05, 0.1) is 0 Å². The van der Waals surface area contributed by atoms with Crippen LogP contribution in [0.15, 0.2) is 12.1 Å². The van der Waals surface area contributed by atoms with E-state index in [0.717, 1.165) is 25.5 Å². The van der Waals surface area contributed by atoms with Crippen molar-refractivity contribution in [2.45, 2.75) is 18.9 Å². The van der Waals surface area contributed by atoms with E-state index in [4.69, 9.17) is 0 Å². The molecule has 0 bridgehead atoms. The van der Waals surface area contributed by atoms with Crippen LogP contribution in [0.5, 0.6) is 0 Å². The molecule has 6 nitrogen and oxygen atoms in total. The number of anilines is 1. The molecule has 3 rings (SSSR count). The second-order valence-electron chi connectivity index (χ2n) is 5.84. The summed E-state index contributed by atoms with van der Waals surface area (Å²) in [7, 11) is 3.43. The van der Waals surface area contributed by atoms with Crippen LogP contribution in [0.1, 0.15) is 23.3 Å². The average Bonchev–Trinajstić information content (AvgIpc) is 2.90. The van der Waals surface area contributed by atoms with Crippen LogP contribution in [-0.4, -0.2) is 60.8 Å². The Morgan fingerprint density at radius 2 is 2.20 bits per heavy atom. The average molecular weight is 275 g/mol. The summed E-state index contributed by atoms with van der Waals surface area (Å²) in [6.45, 7) is 3.14. The summed E-state index contributed by atoms with van der Waals surface area (Å²) in [5, 5.41) is 11.9. The lowest BCUT2D eigenvalue weighted by Gasteiger charge is -2.24. The van der Waals surface area contributed by atoms with Gasteiger partial charge < -0.3 is 15.1 Å². The highest BCUT2D eigenvalue weighted by atomic mass is 16.2. The standard InChI is InChI=1S/C14H21N5O/c1-18(2)14(20)11-5-6-13(17-16-11)19-8-10-4-3-7-15-12(10)9-19/h5-6,10,12,15H,3-4,7-9H2,1-2H3/t10-,12+/m0/s1. The largest absolute Gasteiger partial charge is 0.353 e. The fraction of sp³-hybridized carbons (Fsp3) is 0.643.